The lowest BCUT2D eigenvalue weighted by molar-refractivity contribution is 0.306. The van der Waals surface area contributed by atoms with Crippen LogP contribution < -0.4 is 10.1 Å². The molecule has 0 spiro atoms. The van der Waals surface area contributed by atoms with E-state index in [4.69, 9.17) is 4.74 Å². The SMILES string of the molecule is Brc1cncc(OCCCNC2CC2)c1. The molecule has 1 aromatic heterocycles. The Morgan fingerprint density at radius 3 is 3.07 bits per heavy atom. The lowest BCUT2D eigenvalue weighted by Crippen LogP contribution is -2.19. The summed E-state index contributed by atoms with van der Waals surface area (Å²) in [4.78, 5) is 4.03. The van der Waals surface area contributed by atoms with Gasteiger partial charge in [0.25, 0.3) is 0 Å². The fourth-order valence-corrected chi connectivity index (χ4v) is 1.67. The maximum atomic E-state index is 5.56. The Hall–Kier alpha value is -0.610. The van der Waals surface area contributed by atoms with Crippen LogP contribution in [0, 0.1) is 0 Å². The fraction of sp³-hybridized carbons (Fsp3) is 0.545. The predicted molar refractivity (Wildman–Crippen MR) is 63.1 cm³/mol. The zero-order valence-electron chi connectivity index (χ0n) is 8.58. The molecule has 1 heterocycles. The number of nitrogens with one attached hydrogen (secondary N) is 1. The topological polar surface area (TPSA) is 34.1 Å². The first-order valence-electron chi connectivity index (χ1n) is 5.31. The van der Waals surface area contributed by atoms with E-state index in [9.17, 15) is 0 Å². The van der Waals surface area contributed by atoms with Crippen LogP contribution in [0.1, 0.15) is 19.3 Å². The minimum Gasteiger partial charge on any atom is -0.492 e. The number of hydrogen-bond donors (Lipinski definition) is 1. The van der Waals surface area contributed by atoms with Crippen LogP contribution in [0.3, 0.4) is 0 Å². The van der Waals surface area contributed by atoms with Gasteiger partial charge in [-0.05, 0) is 47.8 Å². The van der Waals surface area contributed by atoms with Gasteiger partial charge in [-0.2, -0.15) is 0 Å². The monoisotopic (exact) mass is 270 g/mol. The zero-order valence-corrected chi connectivity index (χ0v) is 10.2. The molecule has 1 saturated carbocycles. The van der Waals surface area contributed by atoms with Gasteiger partial charge in [-0.15, -0.1) is 0 Å². The van der Waals surface area contributed by atoms with Crippen molar-refractivity contribution in [1.29, 1.82) is 0 Å². The van der Waals surface area contributed by atoms with E-state index in [1.807, 2.05) is 6.07 Å². The highest BCUT2D eigenvalue weighted by Gasteiger charge is 2.19. The Balaban J connectivity index is 1.60. The molecule has 3 nitrogen and oxygen atoms in total. The van der Waals surface area contributed by atoms with Crippen LogP contribution in [0.2, 0.25) is 0 Å². The standard InChI is InChI=1S/C11H15BrN2O/c12-9-6-11(8-13-7-9)15-5-1-4-14-10-2-3-10/h6-8,10,14H,1-5H2. The molecule has 0 saturated heterocycles. The number of aromatic nitrogens is 1. The summed E-state index contributed by atoms with van der Waals surface area (Å²) >= 11 is 3.36. The average Bonchev–Trinajstić information content (AvgIpc) is 3.01. The van der Waals surface area contributed by atoms with Crippen molar-refractivity contribution < 1.29 is 4.74 Å². The van der Waals surface area contributed by atoms with E-state index in [0.29, 0.717) is 0 Å². The first-order valence-corrected chi connectivity index (χ1v) is 6.10. The van der Waals surface area contributed by atoms with E-state index >= 15 is 0 Å². The van der Waals surface area contributed by atoms with Crippen molar-refractivity contribution in [2.75, 3.05) is 13.2 Å². The number of rotatable bonds is 6. The first kappa shape index (κ1) is 10.9. The molecule has 1 N–H and O–H groups in total. The van der Waals surface area contributed by atoms with Gasteiger partial charge in [0.2, 0.25) is 0 Å². The van der Waals surface area contributed by atoms with Crippen molar-refractivity contribution in [1.82, 2.24) is 10.3 Å². The molecule has 1 aromatic rings. The van der Waals surface area contributed by atoms with Gasteiger partial charge in [0.15, 0.2) is 0 Å². The summed E-state index contributed by atoms with van der Waals surface area (Å²) in [6.07, 6.45) is 7.22. The molecule has 2 rings (SSSR count). The first-order chi connectivity index (χ1) is 7.34. The van der Waals surface area contributed by atoms with Gasteiger partial charge in [0.1, 0.15) is 5.75 Å². The Morgan fingerprint density at radius 1 is 1.47 bits per heavy atom. The largest absolute Gasteiger partial charge is 0.492 e. The molecule has 15 heavy (non-hydrogen) atoms. The van der Waals surface area contributed by atoms with Crippen LogP contribution in [0.5, 0.6) is 5.75 Å². The van der Waals surface area contributed by atoms with Crippen LogP contribution in [0.4, 0.5) is 0 Å². The number of ether oxygens (including phenoxy) is 1. The van der Waals surface area contributed by atoms with Gasteiger partial charge in [0.05, 0.1) is 12.8 Å². The van der Waals surface area contributed by atoms with Gasteiger partial charge >= 0.3 is 0 Å². The maximum absolute atomic E-state index is 5.56. The molecule has 4 heteroatoms. The van der Waals surface area contributed by atoms with Gasteiger partial charge in [-0.3, -0.25) is 4.98 Å². The molecule has 0 aromatic carbocycles. The van der Waals surface area contributed by atoms with Crippen LogP contribution >= 0.6 is 15.9 Å². The normalized spacial score (nSPS) is 15.3. The van der Waals surface area contributed by atoms with Gasteiger partial charge in [-0.1, -0.05) is 0 Å². The smallest absolute Gasteiger partial charge is 0.138 e. The molecule has 0 bridgehead atoms. The van der Waals surface area contributed by atoms with Crippen molar-refractivity contribution in [2.45, 2.75) is 25.3 Å². The minimum atomic E-state index is 0.748. The van der Waals surface area contributed by atoms with Crippen molar-refractivity contribution in [3.8, 4) is 5.75 Å². The lowest BCUT2D eigenvalue weighted by Gasteiger charge is -2.06. The number of nitrogens with zero attached hydrogens (tertiary/aromatic N) is 1. The third-order valence-corrected chi connectivity index (χ3v) is 2.71. The van der Waals surface area contributed by atoms with E-state index in [2.05, 4.69) is 26.2 Å². The Bertz CT molecular complexity index is 315. The van der Waals surface area contributed by atoms with E-state index < -0.39 is 0 Å². The molecule has 1 fully saturated rings. The second kappa shape index (κ2) is 5.47. The summed E-state index contributed by atoms with van der Waals surface area (Å²) in [5.41, 5.74) is 0. The molecule has 1 aliphatic carbocycles. The Kier molecular flexibility index (Phi) is 3.97. The number of hydrogen-bond acceptors (Lipinski definition) is 3. The van der Waals surface area contributed by atoms with Crippen molar-refractivity contribution >= 4 is 15.9 Å². The summed E-state index contributed by atoms with van der Waals surface area (Å²) in [6, 6.07) is 2.72. The second-order valence-electron chi connectivity index (χ2n) is 3.77. The number of pyridine rings is 1. The molecule has 0 unspecified atom stereocenters. The Labute approximate surface area is 98.4 Å². The van der Waals surface area contributed by atoms with Gasteiger partial charge in [0, 0.05) is 16.7 Å². The molecule has 0 aliphatic heterocycles. The van der Waals surface area contributed by atoms with Crippen LogP contribution in [-0.2, 0) is 0 Å². The average molecular weight is 271 g/mol. The molecular weight excluding hydrogens is 256 g/mol. The lowest BCUT2D eigenvalue weighted by atomic mass is 10.4. The zero-order chi connectivity index (χ0) is 10.5. The molecule has 0 amide bonds. The second-order valence-corrected chi connectivity index (χ2v) is 4.68. The molecule has 0 radical (unpaired) electrons. The third kappa shape index (κ3) is 4.18. The van der Waals surface area contributed by atoms with E-state index in [1.54, 1.807) is 12.4 Å². The van der Waals surface area contributed by atoms with Gasteiger partial charge in [-0.25, -0.2) is 0 Å². The van der Waals surface area contributed by atoms with Crippen molar-refractivity contribution in [3.05, 3.63) is 22.9 Å². The predicted octanol–water partition coefficient (Wildman–Crippen LogP) is 2.37. The summed E-state index contributed by atoms with van der Waals surface area (Å²) in [5.74, 6) is 0.829. The van der Waals surface area contributed by atoms with E-state index in [-0.39, 0.29) is 0 Å². The molecule has 0 atom stereocenters. The summed E-state index contributed by atoms with van der Waals surface area (Å²) in [7, 11) is 0. The van der Waals surface area contributed by atoms with Crippen LogP contribution in [-0.4, -0.2) is 24.2 Å². The van der Waals surface area contributed by atoms with E-state index in [0.717, 1.165) is 35.8 Å². The summed E-state index contributed by atoms with van der Waals surface area (Å²) in [5, 5.41) is 3.45. The van der Waals surface area contributed by atoms with Crippen molar-refractivity contribution in [3.63, 3.8) is 0 Å². The van der Waals surface area contributed by atoms with Crippen molar-refractivity contribution in [2.24, 2.45) is 0 Å². The highest BCUT2D eigenvalue weighted by Crippen LogP contribution is 2.18. The molecule has 1 aliphatic rings. The summed E-state index contributed by atoms with van der Waals surface area (Å²) < 4.78 is 6.51. The van der Waals surface area contributed by atoms with Gasteiger partial charge < -0.3 is 10.1 Å². The Morgan fingerprint density at radius 2 is 2.33 bits per heavy atom. The quantitative estimate of drug-likeness (QED) is 0.806. The molecular formula is C11H15BrN2O. The third-order valence-electron chi connectivity index (χ3n) is 2.28. The van der Waals surface area contributed by atoms with Crippen LogP contribution in [0.15, 0.2) is 22.9 Å². The number of halogens is 1. The highest BCUT2D eigenvalue weighted by molar-refractivity contribution is 9.10. The highest BCUT2D eigenvalue weighted by atomic mass is 79.9. The molecule has 82 valence electrons. The van der Waals surface area contributed by atoms with Crippen LogP contribution in [0.25, 0.3) is 0 Å². The van der Waals surface area contributed by atoms with E-state index in [1.165, 1.54) is 12.8 Å². The summed E-state index contributed by atoms with van der Waals surface area (Å²) in [6.45, 7) is 1.80. The fourth-order valence-electron chi connectivity index (χ4n) is 1.33. The maximum Gasteiger partial charge on any atom is 0.138 e. The minimum absolute atomic E-state index is 0.748.